The largest absolute Gasteiger partial charge is 0.324 e. The van der Waals surface area contributed by atoms with Gasteiger partial charge in [-0.2, -0.15) is 0 Å². The molecular formula is C12H16ClFN2. The predicted molar refractivity (Wildman–Crippen MR) is 63.9 cm³/mol. The molecule has 1 fully saturated rings. The molecule has 2 rings (SSSR count). The van der Waals surface area contributed by atoms with Gasteiger partial charge in [-0.05, 0) is 37.9 Å². The maximum atomic E-state index is 13.8. The van der Waals surface area contributed by atoms with E-state index >= 15 is 0 Å². The van der Waals surface area contributed by atoms with Crippen LogP contribution < -0.4 is 11.1 Å². The molecule has 0 saturated carbocycles. The summed E-state index contributed by atoms with van der Waals surface area (Å²) in [6, 6.07) is 4.78. The first-order chi connectivity index (χ1) is 7.70. The number of rotatable bonds is 2. The van der Waals surface area contributed by atoms with E-state index in [2.05, 4.69) is 5.32 Å². The first-order valence-corrected chi connectivity index (χ1v) is 5.98. The highest BCUT2D eigenvalue weighted by molar-refractivity contribution is 6.30. The minimum Gasteiger partial charge on any atom is -0.324 e. The van der Waals surface area contributed by atoms with E-state index in [9.17, 15) is 4.39 Å². The van der Waals surface area contributed by atoms with Crippen molar-refractivity contribution in [2.45, 2.75) is 18.9 Å². The molecule has 0 unspecified atom stereocenters. The van der Waals surface area contributed by atoms with Crippen molar-refractivity contribution in [3.05, 3.63) is 34.6 Å². The fourth-order valence-electron chi connectivity index (χ4n) is 2.24. The summed E-state index contributed by atoms with van der Waals surface area (Å²) in [5, 5.41) is 3.43. The van der Waals surface area contributed by atoms with Crippen molar-refractivity contribution in [2.24, 2.45) is 11.7 Å². The van der Waals surface area contributed by atoms with Gasteiger partial charge >= 0.3 is 0 Å². The standard InChI is InChI=1S/C12H16ClFN2/c13-10-3-1-2-9(11(10)14)12(15)8-4-6-16-7-5-8/h1-3,8,12,16H,4-7,15H2/t12-/m1/s1. The zero-order valence-electron chi connectivity index (χ0n) is 9.05. The van der Waals surface area contributed by atoms with E-state index in [1.165, 1.54) is 0 Å². The quantitative estimate of drug-likeness (QED) is 0.836. The molecule has 3 N–H and O–H groups in total. The van der Waals surface area contributed by atoms with Gasteiger partial charge in [-0.25, -0.2) is 4.39 Å². The predicted octanol–water partition coefficient (Wildman–Crippen LogP) is 2.48. The number of nitrogens with one attached hydrogen (secondary N) is 1. The van der Waals surface area contributed by atoms with Gasteiger partial charge in [-0.3, -0.25) is 0 Å². The van der Waals surface area contributed by atoms with E-state index in [0.717, 1.165) is 25.9 Å². The van der Waals surface area contributed by atoms with Crippen molar-refractivity contribution in [1.29, 1.82) is 0 Å². The Morgan fingerprint density at radius 1 is 1.38 bits per heavy atom. The summed E-state index contributed by atoms with van der Waals surface area (Å²) in [7, 11) is 0. The molecule has 0 bridgehead atoms. The first kappa shape index (κ1) is 11.8. The Labute approximate surface area is 100.0 Å². The van der Waals surface area contributed by atoms with Crippen LogP contribution in [0.3, 0.4) is 0 Å². The normalized spacial score (nSPS) is 19.7. The molecule has 0 radical (unpaired) electrons. The third kappa shape index (κ3) is 2.37. The molecule has 0 aliphatic carbocycles. The Bertz CT molecular complexity index is 364. The van der Waals surface area contributed by atoms with Gasteiger partial charge in [0.2, 0.25) is 0 Å². The number of hydrogen-bond acceptors (Lipinski definition) is 2. The summed E-state index contributed by atoms with van der Waals surface area (Å²) in [6.07, 6.45) is 1.99. The maximum Gasteiger partial charge on any atom is 0.146 e. The van der Waals surface area contributed by atoms with Crippen molar-refractivity contribution in [3.8, 4) is 0 Å². The minimum atomic E-state index is -0.366. The molecule has 1 heterocycles. The fourth-order valence-corrected chi connectivity index (χ4v) is 2.42. The maximum absolute atomic E-state index is 13.8. The van der Waals surface area contributed by atoms with Gasteiger partial charge < -0.3 is 11.1 Å². The van der Waals surface area contributed by atoms with Crippen LogP contribution in [0.2, 0.25) is 5.02 Å². The zero-order valence-corrected chi connectivity index (χ0v) is 9.80. The van der Waals surface area contributed by atoms with Gasteiger partial charge in [0.05, 0.1) is 5.02 Å². The summed E-state index contributed by atoms with van der Waals surface area (Å²) < 4.78 is 13.8. The van der Waals surface area contributed by atoms with Crippen LogP contribution in [-0.2, 0) is 0 Å². The molecule has 1 aliphatic heterocycles. The second-order valence-electron chi connectivity index (χ2n) is 4.26. The summed E-state index contributed by atoms with van der Waals surface area (Å²) in [6.45, 7) is 1.92. The third-order valence-corrected chi connectivity index (χ3v) is 3.52. The zero-order chi connectivity index (χ0) is 11.5. The fraction of sp³-hybridized carbons (Fsp3) is 0.500. The summed E-state index contributed by atoms with van der Waals surface area (Å²) in [4.78, 5) is 0. The van der Waals surface area contributed by atoms with Crippen LogP contribution in [0.1, 0.15) is 24.4 Å². The summed E-state index contributed by atoms with van der Waals surface area (Å²) in [5.41, 5.74) is 6.65. The van der Waals surface area contributed by atoms with Crippen molar-refractivity contribution in [3.63, 3.8) is 0 Å². The Morgan fingerprint density at radius 2 is 2.06 bits per heavy atom. The van der Waals surface area contributed by atoms with Crippen LogP contribution in [0.25, 0.3) is 0 Å². The van der Waals surface area contributed by atoms with Crippen molar-refractivity contribution >= 4 is 11.6 Å². The molecule has 4 heteroatoms. The molecule has 1 aromatic rings. The van der Waals surface area contributed by atoms with Crippen LogP contribution in [0.5, 0.6) is 0 Å². The lowest BCUT2D eigenvalue weighted by Crippen LogP contribution is -2.34. The molecule has 16 heavy (non-hydrogen) atoms. The van der Waals surface area contributed by atoms with Crippen molar-refractivity contribution < 1.29 is 4.39 Å². The number of halogens is 2. The van der Waals surface area contributed by atoms with Crippen LogP contribution in [0.4, 0.5) is 4.39 Å². The average Bonchev–Trinajstić information content (AvgIpc) is 2.33. The van der Waals surface area contributed by atoms with Gasteiger partial charge in [0.25, 0.3) is 0 Å². The first-order valence-electron chi connectivity index (χ1n) is 5.60. The van der Waals surface area contributed by atoms with E-state index < -0.39 is 0 Å². The van der Waals surface area contributed by atoms with Gasteiger partial charge in [-0.1, -0.05) is 23.7 Å². The van der Waals surface area contributed by atoms with E-state index in [1.54, 1.807) is 18.2 Å². The number of hydrogen-bond donors (Lipinski definition) is 2. The molecule has 0 amide bonds. The van der Waals surface area contributed by atoms with E-state index in [-0.39, 0.29) is 16.9 Å². The van der Waals surface area contributed by atoms with E-state index in [1.807, 2.05) is 0 Å². The van der Waals surface area contributed by atoms with Crippen LogP contribution in [0.15, 0.2) is 18.2 Å². The second-order valence-corrected chi connectivity index (χ2v) is 4.66. The molecule has 1 aromatic carbocycles. The molecule has 2 nitrogen and oxygen atoms in total. The van der Waals surface area contributed by atoms with E-state index in [4.69, 9.17) is 17.3 Å². The van der Waals surface area contributed by atoms with Crippen LogP contribution in [0, 0.1) is 11.7 Å². The highest BCUT2D eigenvalue weighted by atomic mass is 35.5. The molecule has 88 valence electrons. The topological polar surface area (TPSA) is 38.0 Å². The Hall–Kier alpha value is -0.640. The SMILES string of the molecule is N[C@@H](c1cccc(Cl)c1F)C1CCNCC1. The monoisotopic (exact) mass is 242 g/mol. The van der Waals surface area contributed by atoms with Crippen LogP contribution >= 0.6 is 11.6 Å². The van der Waals surface area contributed by atoms with Gasteiger partial charge in [-0.15, -0.1) is 0 Å². The molecular weight excluding hydrogens is 227 g/mol. The summed E-state index contributed by atoms with van der Waals surface area (Å²) >= 11 is 5.75. The van der Waals surface area contributed by atoms with Crippen molar-refractivity contribution in [1.82, 2.24) is 5.32 Å². The smallest absolute Gasteiger partial charge is 0.146 e. The van der Waals surface area contributed by atoms with Crippen molar-refractivity contribution in [2.75, 3.05) is 13.1 Å². The minimum absolute atomic E-state index is 0.155. The van der Waals surface area contributed by atoms with Gasteiger partial charge in [0.15, 0.2) is 0 Å². The lowest BCUT2D eigenvalue weighted by atomic mass is 9.86. The molecule has 0 aromatic heterocycles. The second kappa shape index (κ2) is 5.13. The Kier molecular flexibility index (Phi) is 3.79. The number of benzene rings is 1. The molecule has 0 spiro atoms. The lowest BCUT2D eigenvalue weighted by molar-refractivity contribution is 0.317. The van der Waals surface area contributed by atoms with E-state index in [0.29, 0.717) is 11.5 Å². The van der Waals surface area contributed by atoms with Gasteiger partial charge in [0, 0.05) is 11.6 Å². The molecule has 1 saturated heterocycles. The number of piperidine rings is 1. The summed E-state index contributed by atoms with van der Waals surface area (Å²) in [5.74, 6) is -0.0237. The lowest BCUT2D eigenvalue weighted by Gasteiger charge is -2.28. The highest BCUT2D eigenvalue weighted by Gasteiger charge is 2.24. The molecule has 1 atom stereocenters. The van der Waals surface area contributed by atoms with Crippen LogP contribution in [-0.4, -0.2) is 13.1 Å². The Morgan fingerprint density at radius 3 is 2.75 bits per heavy atom. The molecule has 1 aliphatic rings. The number of nitrogens with two attached hydrogens (primary N) is 1. The van der Waals surface area contributed by atoms with Gasteiger partial charge in [0.1, 0.15) is 5.82 Å². The third-order valence-electron chi connectivity index (χ3n) is 3.23. The highest BCUT2D eigenvalue weighted by Crippen LogP contribution is 2.30. The average molecular weight is 243 g/mol. The Balaban J connectivity index is 2.19.